The Labute approximate surface area is 131 Å². The van der Waals surface area contributed by atoms with Gasteiger partial charge in [-0.15, -0.1) is 0 Å². The van der Waals surface area contributed by atoms with Gasteiger partial charge in [0, 0.05) is 24.1 Å². The van der Waals surface area contributed by atoms with E-state index in [9.17, 15) is 23.1 Å². The third kappa shape index (κ3) is 4.70. The summed E-state index contributed by atoms with van der Waals surface area (Å²) in [6, 6.07) is 9.55. The Hall–Kier alpha value is -2.57. The monoisotopic (exact) mass is 324 g/mol. The van der Waals surface area contributed by atoms with Crippen molar-refractivity contribution in [2.45, 2.75) is 19.0 Å². The number of rotatable bonds is 5. The van der Waals surface area contributed by atoms with Crippen LogP contribution in [0, 0.1) is 0 Å². The fraction of sp³-hybridized carbons (Fsp3) is 0.250. The number of benzene rings is 1. The van der Waals surface area contributed by atoms with Gasteiger partial charge in [-0.25, -0.2) is 4.79 Å². The summed E-state index contributed by atoms with van der Waals surface area (Å²) >= 11 is 0. The number of halogens is 3. The number of alkyl halides is 3. The van der Waals surface area contributed by atoms with Gasteiger partial charge in [0.15, 0.2) is 0 Å². The van der Waals surface area contributed by atoms with Crippen LogP contribution in [0.25, 0.3) is 0 Å². The number of carbonyl (C=O) groups is 1. The Kier molecular flexibility index (Phi) is 5.20. The maximum Gasteiger partial charge on any atom is 0.416 e. The molecule has 0 unspecified atom stereocenters. The number of anilines is 1. The molecule has 7 heteroatoms. The van der Waals surface area contributed by atoms with Crippen LogP contribution in [0.4, 0.5) is 23.7 Å². The highest BCUT2D eigenvalue weighted by molar-refractivity contribution is 5.85. The number of nitrogens with zero attached hydrogens (tertiary/aromatic N) is 2. The van der Waals surface area contributed by atoms with E-state index in [1.165, 1.54) is 0 Å². The van der Waals surface area contributed by atoms with Crippen molar-refractivity contribution in [2.24, 2.45) is 0 Å². The number of pyridine rings is 1. The molecule has 2 aromatic rings. The maximum atomic E-state index is 12.5. The highest BCUT2D eigenvalue weighted by Gasteiger charge is 2.30. The lowest BCUT2D eigenvalue weighted by Gasteiger charge is -2.19. The summed E-state index contributed by atoms with van der Waals surface area (Å²) in [5.74, 6) is 0. The van der Waals surface area contributed by atoms with E-state index in [-0.39, 0.29) is 12.2 Å². The molecule has 0 aliphatic rings. The zero-order chi connectivity index (χ0) is 16.9. The summed E-state index contributed by atoms with van der Waals surface area (Å²) in [4.78, 5) is 16.5. The second-order valence-electron chi connectivity index (χ2n) is 4.90. The molecular formula is C16H15F3N2O2. The van der Waals surface area contributed by atoms with Crippen molar-refractivity contribution < 1.29 is 23.1 Å². The second kappa shape index (κ2) is 7.13. The highest BCUT2D eigenvalue weighted by atomic mass is 19.4. The minimum absolute atomic E-state index is 0.178. The van der Waals surface area contributed by atoms with Gasteiger partial charge in [0.2, 0.25) is 0 Å². The average molecular weight is 324 g/mol. The van der Waals surface area contributed by atoms with Crippen LogP contribution in [0.5, 0.6) is 0 Å². The van der Waals surface area contributed by atoms with E-state index < -0.39 is 17.8 Å². The molecule has 1 aromatic carbocycles. The van der Waals surface area contributed by atoms with Crippen LogP contribution < -0.4 is 4.90 Å². The molecule has 4 nitrogen and oxygen atoms in total. The van der Waals surface area contributed by atoms with Crippen molar-refractivity contribution in [3.05, 3.63) is 59.9 Å². The van der Waals surface area contributed by atoms with Crippen LogP contribution in [-0.2, 0) is 12.6 Å². The molecule has 1 N–H and O–H groups in total. The maximum absolute atomic E-state index is 12.5. The summed E-state index contributed by atoms with van der Waals surface area (Å²) < 4.78 is 37.6. The first-order valence-corrected chi connectivity index (χ1v) is 6.95. The summed E-state index contributed by atoms with van der Waals surface area (Å²) in [6.45, 7) is 0.178. The summed E-state index contributed by atoms with van der Waals surface area (Å²) in [5.41, 5.74) is 0.247. The number of aromatic nitrogens is 1. The Morgan fingerprint density at radius 2 is 1.83 bits per heavy atom. The molecule has 0 aliphatic carbocycles. The molecule has 0 aliphatic heterocycles. The standard InChI is InChI=1S/C16H15F3N2O2/c17-16(18,19)12-6-8-14(9-7-12)21(15(22)23)11-3-5-13-4-1-2-10-20-13/h1-2,4,6-10H,3,5,11H2,(H,22,23). The number of hydrogen-bond donors (Lipinski definition) is 1. The van der Waals surface area contributed by atoms with Crippen molar-refractivity contribution in [2.75, 3.05) is 11.4 Å². The van der Waals surface area contributed by atoms with Crippen molar-refractivity contribution in [3.63, 3.8) is 0 Å². The van der Waals surface area contributed by atoms with Crippen LogP contribution in [0.1, 0.15) is 17.7 Å². The van der Waals surface area contributed by atoms with Crippen molar-refractivity contribution in [3.8, 4) is 0 Å². The van der Waals surface area contributed by atoms with E-state index in [0.29, 0.717) is 12.8 Å². The van der Waals surface area contributed by atoms with Gasteiger partial charge in [0.05, 0.1) is 5.56 Å². The fourth-order valence-corrected chi connectivity index (χ4v) is 2.13. The first-order valence-electron chi connectivity index (χ1n) is 6.95. The van der Waals surface area contributed by atoms with Gasteiger partial charge in [-0.3, -0.25) is 9.88 Å². The van der Waals surface area contributed by atoms with Crippen LogP contribution in [0.2, 0.25) is 0 Å². The molecular weight excluding hydrogens is 309 g/mol. The quantitative estimate of drug-likeness (QED) is 0.896. The Bertz CT molecular complexity index is 643. The Morgan fingerprint density at radius 1 is 1.13 bits per heavy atom. The average Bonchev–Trinajstić information content (AvgIpc) is 2.51. The summed E-state index contributed by atoms with van der Waals surface area (Å²) in [6.07, 6.45) is -2.88. The molecule has 0 saturated carbocycles. The van der Waals surface area contributed by atoms with Gasteiger partial charge in [-0.2, -0.15) is 13.2 Å². The number of aryl methyl sites for hydroxylation is 1. The normalized spacial score (nSPS) is 11.3. The molecule has 0 radical (unpaired) electrons. The lowest BCUT2D eigenvalue weighted by Crippen LogP contribution is -2.30. The van der Waals surface area contributed by atoms with Crippen LogP contribution in [0.3, 0.4) is 0 Å². The topological polar surface area (TPSA) is 53.4 Å². The van der Waals surface area contributed by atoms with Gasteiger partial charge < -0.3 is 5.11 Å². The first-order chi connectivity index (χ1) is 10.9. The van der Waals surface area contributed by atoms with Crippen molar-refractivity contribution in [1.29, 1.82) is 0 Å². The molecule has 0 bridgehead atoms. The highest BCUT2D eigenvalue weighted by Crippen LogP contribution is 2.30. The molecule has 1 amide bonds. The Balaban J connectivity index is 2.02. The van der Waals surface area contributed by atoms with E-state index in [1.54, 1.807) is 12.3 Å². The molecule has 0 fully saturated rings. The third-order valence-electron chi connectivity index (χ3n) is 3.28. The van der Waals surface area contributed by atoms with Crippen LogP contribution in [0.15, 0.2) is 48.7 Å². The van der Waals surface area contributed by atoms with Gasteiger partial charge in [0.25, 0.3) is 0 Å². The van der Waals surface area contributed by atoms with E-state index >= 15 is 0 Å². The number of carboxylic acid groups (broad SMARTS) is 1. The molecule has 1 aromatic heterocycles. The molecule has 2 rings (SSSR count). The van der Waals surface area contributed by atoms with Crippen LogP contribution in [-0.4, -0.2) is 22.7 Å². The Morgan fingerprint density at radius 3 is 2.35 bits per heavy atom. The lowest BCUT2D eigenvalue weighted by molar-refractivity contribution is -0.137. The van der Waals surface area contributed by atoms with E-state index in [1.807, 2.05) is 12.1 Å². The lowest BCUT2D eigenvalue weighted by atomic mass is 10.1. The van der Waals surface area contributed by atoms with Gasteiger partial charge in [0.1, 0.15) is 0 Å². The second-order valence-corrected chi connectivity index (χ2v) is 4.90. The minimum Gasteiger partial charge on any atom is -0.465 e. The largest absolute Gasteiger partial charge is 0.465 e. The van der Waals surface area contributed by atoms with Crippen molar-refractivity contribution >= 4 is 11.8 Å². The molecule has 23 heavy (non-hydrogen) atoms. The summed E-state index contributed by atoms with van der Waals surface area (Å²) in [5, 5.41) is 9.24. The molecule has 0 saturated heterocycles. The van der Waals surface area contributed by atoms with E-state index in [0.717, 1.165) is 34.9 Å². The van der Waals surface area contributed by atoms with Crippen molar-refractivity contribution in [1.82, 2.24) is 4.98 Å². The number of amides is 1. The van der Waals surface area contributed by atoms with Gasteiger partial charge >= 0.3 is 12.3 Å². The third-order valence-corrected chi connectivity index (χ3v) is 3.28. The zero-order valence-electron chi connectivity index (χ0n) is 12.1. The molecule has 0 spiro atoms. The molecule has 1 heterocycles. The zero-order valence-corrected chi connectivity index (χ0v) is 12.1. The number of hydrogen-bond acceptors (Lipinski definition) is 2. The van der Waals surface area contributed by atoms with E-state index in [4.69, 9.17) is 0 Å². The predicted molar refractivity (Wildman–Crippen MR) is 79.4 cm³/mol. The smallest absolute Gasteiger partial charge is 0.416 e. The molecule has 0 atom stereocenters. The van der Waals surface area contributed by atoms with E-state index in [2.05, 4.69) is 4.98 Å². The van der Waals surface area contributed by atoms with Gasteiger partial charge in [-0.05, 0) is 49.2 Å². The minimum atomic E-state index is -4.44. The van der Waals surface area contributed by atoms with Crippen LogP contribution >= 0.6 is 0 Å². The first kappa shape index (κ1) is 16.8. The fourth-order valence-electron chi connectivity index (χ4n) is 2.13. The SMILES string of the molecule is O=C(O)N(CCCc1ccccn1)c1ccc(C(F)(F)F)cc1. The summed E-state index contributed by atoms with van der Waals surface area (Å²) in [7, 11) is 0. The van der Waals surface area contributed by atoms with Gasteiger partial charge in [-0.1, -0.05) is 6.07 Å². The predicted octanol–water partition coefficient (Wildman–Crippen LogP) is 4.22. The molecule has 122 valence electrons.